The van der Waals surface area contributed by atoms with E-state index in [2.05, 4.69) is 47.4 Å². The van der Waals surface area contributed by atoms with Crippen molar-refractivity contribution in [3.8, 4) is 0 Å². The van der Waals surface area contributed by atoms with Gasteiger partial charge in [-0.15, -0.1) is 0 Å². The van der Waals surface area contributed by atoms with Crippen LogP contribution < -0.4 is 15.5 Å². The normalized spacial score (nSPS) is 13.1. The second kappa shape index (κ2) is 9.28. The second-order valence-corrected chi connectivity index (χ2v) is 6.36. The molecule has 1 unspecified atom stereocenters. The minimum absolute atomic E-state index is 0.420. The van der Waals surface area contributed by atoms with Crippen LogP contribution in [0.4, 0.5) is 5.82 Å². The topological polar surface area (TPSA) is 52.6 Å². The van der Waals surface area contributed by atoms with Crippen LogP contribution in [0.2, 0.25) is 0 Å². The molecule has 0 fully saturated rings. The van der Waals surface area contributed by atoms with Crippen molar-refractivity contribution in [3.05, 3.63) is 23.9 Å². The van der Waals surface area contributed by atoms with Crippen molar-refractivity contribution in [1.82, 2.24) is 15.6 Å². The molecule has 0 aliphatic carbocycles. The summed E-state index contributed by atoms with van der Waals surface area (Å²) in [5.41, 5.74) is 1.19. The van der Waals surface area contributed by atoms with Gasteiger partial charge >= 0.3 is 0 Å². The summed E-state index contributed by atoms with van der Waals surface area (Å²) in [7, 11) is 5.80. The Balaban J connectivity index is 2.48. The van der Waals surface area contributed by atoms with Crippen molar-refractivity contribution < 1.29 is 0 Å². The summed E-state index contributed by atoms with van der Waals surface area (Å²) < 4.78 is 0. The van der Waals surface area contributed by atoms with Gasteiger partial charge in [0.1, 0.15) is 5.82 Å². The average molecular weight is 305 g/mol. The Hall–Kier alpha value is -1.78. The summed E-state index contributed by atoms with van der Waals surface area (Å²) in [4.78, 5) is 10.6. The second-order valence-electron chi connectivity index (χ2n) is 6.36. The Morgan fingerprint density at radius 1 is 1.27 bits per heavy atom. The van der Waals surface area contributed by atoms with Gasteiger partial charge in [0, 0.05) is 39.9 Å². The van der Waals surface area contributed by atoms with Gasteiger partial charge in [0.2, 0.25) is 0 Å². The highest BCUT2D eigenvalue weighted by atomic mass is 15.2. The summed E-state index contributed by atoms with van der Waals surface area (Å²) in [6.45, 7) is 7.45. The van der Waals surface area contributed by atoms with Gasteiger partial charge in [-0.1, -0.05) is 13.8 Å². The van der Waals surface area contributed by atoms with E-state index in [1.165, 1.54) is 12.0 Å². The predicted octanol–water partition coefficient (Wildman–Crippen LogP) is 2.64. The number of anilines is 1. The van der Waals surface area contributed by atoms with Gasteiger partial charge in [0.25, 0.3) is 0 Å². The zero-order valence-electron chi connectivity index (χ0n) is 14.8. The highest BCUT2D eigenvalue weighted by Crippen LogP contribution is 2.09. The van der Waals surface area contributed by atoms with Crippen LogP contribution in [0.25, 0.3) is 0 Å². The van der Waals surface area contributed by atoms with Crippen molar-refractivity contribution in [1.29, 1.82) is 0 Å². The van der Waals surface area contributed by atoms with Gasteiger partial charge in [-0.05, 0) is 43.4 Å². The van der Waals surface area contributed by atoms with Gasteiger partial charge in [0.15, 0.2) is 5.96 Å². The highest BCUT2D eigenvalue weighted by molar-refractivity contribution is 5.79. The molecule has 0 aromatic carbocycles. The van der Waals surface area contributed by atoms with E-state index in [0.29, 0.717) is 6.04 Å². The Bertz CT molecular complexity index is 468. The minimum atomic E-state index is 0.420. The summed E-state index contributed by atoms with van der Waals surface area (Å²) >= 11 is 0. The number of nitrogens with one attached hydrogen (secondary N) is 2. The van der Waals surface area contributed by atoms with Crippen LogP contribution >= 0.6 is 0 Å². The number of pyridine rings is 1. The first kappa shape index (κ1) is 18.3. The number of nitrogens with zero attached hydrogens (tertiary/aromatic N) is 3. The van der Waals surface area contributed by atoms with Crippen molar-refractivity contribution in [3.63, 3.8) is 0 Å². The van der Waals surface area contributed by atoms with Crippen molar-refractivity contribution in [2.75, 3.05) is 26.0 Å². The fraction of sp³-hybridized carbons (Fsp3) is 0.647. The first-order valence-corrected chi connectivity index (χ1v) is 8.01. The van der Waals surface area contributed by atoms with Crippen molar-refractivity contribution >= 4 is 11.8 Å². The van der Waals surface area contributed by atoms with Crippen molar-refractivity contribution in [2.45, 2.75) is 46.2 Å². The van der Waals surface area contributed by atoms with Gasteiger partial charge in [-0.25, -0.2) is 4.98 Å². The van der Waals surface area contributed by atoms with E-state index in [9.17, 15) is 0 Å². The van der Waals surface area contributed by atoms with Gasteiger partial charge in [-0.2, -0.15) is 0 Å². The third-order valence-corrected chi connectivity index (χ3v) is 3.51. The number of rotatable bonds is 7. The maximum atomic E-state index is 4.33. The Labute approximate surface area is 135 Å². The molecule has 1 heterocycles. The molecule has 0 aliphatic heterocycles. The van der Waals surface area contributed by atoms with E-state index in [0.717, 1.165) is 30.7 Å². The molecule has 0 spiro atoms. The first-order valence-electron chi connectivity index (χ1n) is 8.01. The maximum Gasteiger partial charge on any atom is 0.191 e. The molecule has 0 amide bonds. The van der Waals surface area contributed by atoms with Crippen LogP contribution in [0, 0.1) is 5.92 Å². The number of hydrogen-bond donors (Lipinski definition) is 2. The smallest absolute Gasteiger partial charge is 0.191 e. The standard InChI is InChI=1S/C17H31N5/c1-13(2)7-8-14(3)21-17(18-4)20-12-15-9-10-19-16(11-15)22(5)6/h9-11,13-14H,7-8,12H2,1-6H3,(H2,18,20,21). The lowest BCUT2D eigenvalue weighted by Crippen LogP contribution is -2.41. The molecule has 0 aliphatic rings. The number of aliphatic imine (C=N–C) groups is 1. The molecule has 1 aromatic heterocycles. The third kappa shape index (κ3) is 6.78. The Kier molecular flexibility index (Phi) is 7.71. The van der Waals surface area contributed by atoms with Gasteiger partial charge < -0.3 is 15.5 Å². The van der Waals surface area contributed by atoms with E-state index in [1.54, 1.807) is 0 Å². The monoisotopic (exact) mass is 305 g/mol. The zero-order valence-corrected chi connectivity index (χ0v) is 14.8. The van der Waals surface area contributed by atoms with E-state index in [-0.39, 0.29) is 0 Å². The fourth-order valence-corrected chi connectivity index (χ4v) is 2.08. The molecule has 0 saturated heterocycles. The molecule has 5 heteroatoms. The van der Waals surface area contributed by atoms with Crippen LogP contribution in [0.1, 0.15) is 39.2 Å². The molecule has 0 radical (unpaired) electrons. The van der Waals surface area contributed by atoms with Gasteiger partial charge in [0.05, 0.1) is 0 Å². The molecule has 1 rings (SSSR count). The van der Waals surface area contributed by atoms with Gasteiger partial charge in [-0.3, -0.25) is 4.99 Å². The van der Waals surface area contributed by atoms with Crippen molar-refractivity contribution in [2.24, 2.45) is 10.9 Å². The molecule has 22 heavy (non-hydrogen) atoms. The van der Waals surface area contributed by atoms with E-state index < -0.39 is 0 Å². The summed E-state index contributed by atoms with van der Waals surface area (Å²) in [5.74, 6) is 2.55. The number of guanidine groups is 1. The molecule has 2 N–H and O–H groups in total. The summed E-state index contributed by atoms with van der Waals surface area (Å²) in [6, 6.07) is 4.53. The largest absolute Gasteiger partial charge is 0.363 e. The molecular formula is C17H31N5. The third-order valence-electron chi connectivity index (χ3n) is 3.51. The lowest BCUT2D eigenvalue weighted by atomic mass is 10.0. The minimum Gasteiger partial charge on any atom is -0.363 e. The van der Waals surface area contributed by atoms with E-state index in [4.69, 9.17) is 0 Å². The Morgan fingerprint density at radius 3 is 2.59 bits per heavy atom. The predicted molar refractivity (Wildman–Crippen MR) is 95.4 cm³/mol. The number of hydrogen-bond acceptors (Lipinski definition) is 3. The molecule has 1 aromatic rings. The SMILES string of the molecule is CN=C(NCc1ccnc(N(C)C)c1)NC(C)CCC(C)C. The fourth-order valence-electron chi connectivity index (χ4n) is 2.08. The molecule has 1 atom stereocenters. The molecule has 124 valence electrons. The molecule has 0 bridgehead atoms. The van der Waals surface area contributed by atoms with Crippen LogP contribution in [0.15, 0.2) is 23.3 Å². The van der Waals surface area contributed by atoms with Crippen LogP contribution in [-0.2, 0) is 6.54 Å². The number of aromatic nitrogens is 1. The summed E-state index contributed by atoms with van der Waals surface area (Å²) in [6.07, 6.45) is 4.22. The van der Waals surface area contributed by atoms with Crippen LogP contribution in [0.5, 0.6) is 0 Å². The molecule has 0 saturated carbocycles. The average Bonchev–Trinajstić information content (AvgIpc) is 2.49. The lowest BCUT2D eigenvalue weighted by Gasteiger charge is -2.19. The van der Waals surface area contributed by atoms with E-state index >= 15 is 0 Å². The van der Waals surface area contributed by atoms with Crippen LogP contribution in [0.3, 0.4) is 0 Å². The zero-order chi connectivity index (χ0) is 16.5. The molecular weight excluding hydrogens is 274 g/mol. The quantitative estimate of drug-likeness (QED) is 0.601. The van der Waals surface area contributed by atoms with Crippen LogP contribution in [-0.4, -0.2) is 38.1 Å². The highest BCUT2D eigenvalue weighted by Gasteiger charge is 2.07. The Morgan fingerprint density at radius 2 is 2.00 bits per heavy atom. The summed E-state index contributed by atoms with van der Waals surface area (Å²) in [5, 5.41) is 6.81. The lowest BCUT2D eigenvalue weighted by molar-refractivity contribution is 0.489. The maximum absolute atomic E-state index is 4.33. The first-order chi connectivity index (χ1) is 10.4. The van der Waals surface area contributed by atoms with E-state index in [1.807, 2.05) is 38.3 Å². The molecule has 5 nitrogen and oxygen atoms in total.